The zero-order valence-corrected chi connectivity index (χ0v) is 16.9. The van der Waals surface area contributed by atoms with Gasteiger partial charge in [0, 0.05) is 22.7 Å². The van der Waals surface area contributed by atoms with Gasteiger partial charge in [-0.3, -0.25) is 0 Å². The van der Waals surface area contributed by atoms with Gasteiger partial charge in [-0.2, -0.15) is 5.10 Å². The quantitative estimate of drug-likeness (QED) is 0.443. The number of nitrogens with zero attached hydrogens (tertiary/aromatic N) is 4. The highest BCUT2D eigenvalue weighted by Crippen LogP contribution is 2.33. The molecule has 3 heterocycles. The van der Waals surface area contributed by atoms with Crippen LogP contribution in [-0.4, -0.2) is 25.3 Å². The molecule has 3 aromatic heterocycles. The summed E-state index contributed by atoms with van der Waals surface area (Å²) in [5.41, 5.74) is 3.32. The van der Waals surface area contributed by atoms with Gasteiger partial charge in [0.05, 0.1) is 11.6 Å². The van der Waals surface area contributed by atoms with Crippen LogP contribution in [0.3, 0.4) is 0 Å². The second-order valence-corrected chi connectivity index (χ2v) is 7.87. The largest absolute Gasteiger partial charge is 0.362 e. The Labute approximate surface area is 167 Å². The number of aryl methyl sites for hydroxylation is 1. The number of aromatic nitrogens is 4. The number of halogens is 1. The SMILES string of the molecule is CCCSc1nc2c(C)c(F)ccc2cc1[C@H](C)Nc1ncnn2cccc12. The van der Waals surface area contributed by atoms with Crippen molar-refractivity contribution in [2.24, 2.45) is 0 Å². The van der Waals surface area contributed by atoms with E-state index in [1.807, 2.05) is 18.3 Å². The molecule has 0 aliphatic heterocycles. The van der Waals surface area contributed by atoms with Crippen LogP contribution in [0.2, 0.25) is 0 Å². The fraction of sp³-hybridized carbons (Fsp3) is 0.286. The topological polar surface area (TPSA) is 55.1 Å². The Bertz CT molecular complexity index is 1140. The molecule has 0 saturated carbocycles. The van der Waals surface area contributed by atoms with Crippen LogP contribution in [0.5, 0.6) is 0 Å². The summed E-state index contributed by atoms with van der Waals surface area (Å²) >= 11 is 1.71. The van der Waals surface area contributed by atoms with Crippen molar-refractivity contribution in [3.05, 3.63) is 59.8 Å². The lowest BCUT2D eigenvalue weighted by Gasteiger charge is -2.19. The molecule has 28 heavy (non-hydrogen) atoms. The average molecular weight is 396 g/mol. The Balaban J connectivity index is 1.77. The van der Waals surface area contributed by atoms with Gasteiger partial charge in [-0.1, -0.05) is 6.92 Å². The van der Waals surface area contributed by atoms with Crippen LogP contribution >= 0.6 is 11.8 Å². The minimum absolute atomic E-state index is 0.0183. The molecule has 0 saturated heterocycles. The van der Waals surface area contributed by atoms with Crippen LogP contribution in [0.25, 0.3) is 16.4 Å². The number of hydrogen-bond donors (Lipinski definition) is 1. The predicted octanol–water partition coefficient (Wildman–Crippen LogP) is 5.40. The fourth-order valence-electron chi connectivity index (χ4n) is 3.24. The summed E-state index contributed by atoms with van der Waals surface area (Å²) in [4.78, 5) is 9.24. The van der Waals surface area contributed by atoms with E-state index < -0.39 is 0 Å². The molecule has 1 N–H and O–H groups in total. The molecule has 0 bridgehead atoms. The standard InChI is InChI=1S/C21H22FN5S/c1-4-10-28-21-16(11-15-7-8-17(22)13(2)19(15)26-21)14(3)25-20-18-6-5-9-27(18)24-12-23-20/h5-9,11-12,14H,4,10H2,1-3H3,(H,23,24,25)/t14-/m0/s1. The van der Waals surface area contributed by atoms with Crippen molar-refractivity contribution in [2.75, 3.05) is 11.1 Å². The third-order valence-electron chi connectivity index (χ3n) is 4.76. The van der Waals surface area contributed by atoms with Crippen molar-refractivity contribution < 1.29 is 4.39 Å². The Morgan fingerprint density at radius 1 is 1.29 bits per heavy atom. The minimum atomic E-state index is -0.220. The van der Waals surface area contributed by atoms with Crippen molar-refractivity contribution in [1.29, 1.82) is 0 Å². The first-order valence-electron chi connectivity index (χ1n) is 9.36. The van der Waals surface area contributed by atoms with Crippen molar-refractivity contribution >= 4 is 34.0 Å². The van der Waals surface area contributed by atoms with E-state index in [1.165, 1.54) is 6.07 Å². The summed E-state index contributed by atoms with van der Waals surface area (Å²) in [6.07, 6.45) is 4.48. The first-order chi connectivity index (χ1) is 13.6. The first kappa shape index (κ1) is 18.7. The van der Waals surface area contributed by atoms with Gasteiger partial charge in [0.15, 0.2) is 5.82 Å². The molecular weight excluding hydrogens is 373 g/mol. The van der Waals surface area contributed by atoms with Gasteiger partial charge in [0.1, 0.15) is 22.7 Å². The molecule has 1 atom stereocenters. The molecule has 144 valence electrons. The number of nitrogens with one attached hydrogen (secondary N) is 1. The highest BCUT2D eigenvalue weighted by Gasteiger charge is 2.17. The minimum Gasteiger partial charge on any atom is -0.362 e. The van der Waals surface area contributed by atoms with Crippen molar-refractivity contribution in [2.45, 2.75) is 38.3 Å². The van der Waals surface area contributed by atoms with E-state index in [4.69, 9.17) is 4.98 Å². The second kappa shape index (κ2) is 7.75. The van der Waals surface area contributed by atoms with Crippen molar-refractivity contribution in [1.82, 2.24) is 19.6 Å². The van der Waals surface area contributed by atoms with Crippen LogP contribution in [0.4, 0.5) is 10.2 Å². The summed E-state index contributed by atoms with van der Waals surface area (Å²) in [7, 11) is 0. The Morgan fingerprint density at radius 3 is 2.96 bits per heavy atom. The molecule has 4 aromatic rings. The van der Waals surface area contributed by atoms with Crippen LogP contribution in [0.15, 0.2) is 47.9 Å². The molecule has 0 spiro atoms. The van der Waals surface area contributed by atoms with Gasteiger partial charge in [-0.15, -0.1) is 11.8 Å². The lowest BCUT2D eigenvalue weighted by molar-refractivity contribution is 0.620. The zero-order valence-electron chi connectivity index (χ0n) is 16.1. The molecule has 7 heteroatoms. The first-order valence-corrected chi connectivity index (χ1v) is 10.3. The number of anilines is 1. The number of pyridine rings is 1. The van der Waals surface area contributed by atoms with E-state index in [2.05, 4.69) is 35.3 Å². The third-order valence-corrected chi connectivity index (χ3v) is 5.98. The normalized spacial score (nSPS) is 12.6. The Hall–Kier alpha value is -2.67. The maximum absolute atomic E-state index is 14.0. The smallest absolute Gasteiger partial charge is 0.154 e. The Kier molecular flexibility index (Phi) is 5.17. The van der Waals surface area contributed by atoms with Gasteiger partial charge in [0.25, 0.3) is 0 Å². The van der Waals surface area contributed by atoms with E-state index in [-0.39, 0.29) is 11.9 Å². The van der Waals surface area contributed by atoms with Crippen LogP contribution in [0.1, 0.15) is 37.4 Å². The summed E-state index contributed by atoms with van der Waals surface area (Å²) < 4.78 is 15.8. The van der Waals surface area contributed by atoms with Crippen molar-refractivity contribution in [3.8, 4) is 0 Å². The molecule has 0 fully saturated rings. The van der Waals surface area contributed by atoms with E-state index in [1.54, 1.807) is 35.6 Å². The van der Waals surface area contributed by atoms with Gasteiger partial charge in [0.2, 0.25) is 0 Å². The number of benzene rings is 1. The molecule has 0 aliphatic carbocycles. The van der Waals surface area contributed by atoms with Gasteiger partial charge in [-0.25, -0.2) is 18.9 Å². The highest BCUT2D eigenvalue weighted by atomic mass is 32.2. The number of fused-ring (bicyclic) bond motifs is 2. The van der Waals surface area contributed by atoms with Gasteiger partial charge < -0.3 is 5.32 Å². The van der Waals surface area contributed by atoms with E-state index in [0.29, 0.717) is 5.56 Å². The molecule has 1 aromatic carbocycles. The van der Waals surface area contributed by atoms with E-state index in [0.717, 1.165) is 45.0 Å². The molecule has 0 aliphatic rings. The number of thioether (sulfide) groups is 1. The summed E-state index contributed by atoms with van der Waals surface area (Å²) in [6.45, 7) is 6.02. The lowest BCUT2D eigenvalue weighted by atomic mass is 10.0. The summed E-state index contributed by atoms with van der Waals surface area (Å²) in [5, 5.41) is 9.59. The fourth-order valence-corrected chi connectivity index (χ4v) is 4.20. The highest BCUT2D eigenvalue weighted by molar-refractivity contribution is 7.99. The monoisotopic (exact) mass is 395 g/mol. The Morgan fingerprint density at radius 2 is 2.14 bits per heavy atom. The van der Waals surface area contributed by atoms with Crippen molar-refractivity contribution in [3.63, 3.8) is 0 Å². The number of hydrogen-bond acceptors (Lipinski definition) is 5. The summed E-state index contributed by atoms with van der Waals surface area (Å²) in [6, 6.07) is 9.32. The zero-order chi connectivity index (χ0) is 19.7. The van der Waals surface area contributed by atoms with Crippen LogP contribution in [0, 0.1) is 12.7 Å². The van der Waals surface area contributed by atoms with E-state index in [9.17, 15) is 4.39 Å². The maximum atomic E-state index is 14.0. The number of rotatable bonds is 6. The van der Waals surface area contributed by atoms with Crippen LogP contribution in [-0.2, 0) is 0 Å². The molecule has 4 rings (SSSR count). The van der Waals surface area contributed by atoms with Gasteiger partial charge >= 0.3 is 0 Å². The van der Waals surface area contributed by atoms with Gasteiger partial charge in [-0.05, 0) is 56.4 Å². The second-order valence-electron chi connectivity index (χ2n) is 6.79. The van der Waals surface area contributed by atoms with E-state index >= 15 is 0 Å². The predicted molar refractivity (Wildman–Crippen MR) is 112 cm³/mol. The molecule has 0 unspecified atom stereocenters. The van der Waals surface area contributed by atoms with Crippen LogP contribution < -0.4 is 5.32 Å². The molecule has 0 amide bonds. The third kappa shape index (κ3) is 3.42. The lowest BCUT2D eigenvalue weighted by Crippen LogP contribution is -2.12. The molecule has 5 nitrogen and oxygen atoms in total. The maximum Gasteiger partial charge on any atom is 0.154 e. The molecule has 0 radical (unpaired) electrons. The average Bonchev–Trinajstić information content (AvgIpc) is 3.18. The summed E-state index contributed by atoms with van der Waals surface area (Å²) in [5.74, 6) is 1.51. The molecular formula is C21H22FN5S.